The van der Waals surface area contributed by atoms with Gasteiger partial charge in [-0.1, -0.05) is 0 Å². The number of nitrogens with one attached hydrogen (secondary N) is 1. The Morgan fingerprint density at radius 1 is 1.55 bits per heavy atom. The second kappa shape index (κ2) is 5.58. The highest BCUT2D eigenvalue weighted by Gasteiger charge is 2.33. The lowest BCUT2D eigenvalue weighted by atomic mass is 10.2. The number of ether oxygens (including phenoxy) is 1. The molecule has 1 aromatic rings. The van der Waals surface area contributed by atoms with E-state index in [1.165, 1.54) is 11.3 Å². The monoisotopic (exact) mass is 297 g/mol. The lowest BCUT2D eigenvalue weighted by Crippen LogP contribution is -2.57. The van der Waals surface area contributed by atoms with Gasteiger partial charge < -0.3 is 9.64 Å². The van der Waals surface area contributed by atoms with Gasteiger partial charge >= 0.3 is 5.97 Å². The zero-order valence-corrected chi connectivity index (χ0v) is 12.2. The molecule has 0 spiro atoms. The number of imide groups is 1. The molecule has 1 atom stereocenters. The number of carbonyl (C=O) groups is 3. The molecule has 1 fully saturated rings. The van der Waals surface area contributed by atoms with Crippen molar-refractivity contribution in [1.82, 2.24) is 10.3 Å². The summed E-state index contributed by atoms with van der Waals surface area (Å²) in [6.45, 7) is 5.47. The summed E-state index contributed by atoms with van der Waals surface area (Å²) in [5, 5.41) is 2.73. The van der Waals surface area contributed by atoms with Crippen LogP contribution in [0.2, 0.25) is 0 Å². The summed E-state index contributed by atoms with van der Waals surface area (Å²) in [4.78, 5) is 41.3. The third-order valence-corrected chi connectivity index (χ3v) is 3.93. The first-order valence-electron chi connectivity index (χ1n) is 6.19. The maximum Gasteiger partial charge on any atom is 0.358 e. The fourth-order valence-corrected chi connectivity index (χ4v) is 2.82. The average Bonchev–Trinajstić information content (AvgIpc) is 2.76. The summed E-state index contributed by atoms with van der Waals surface area (Å²) >= 11 is 1.26. The number of nitrogens with zero attached hydrogens (tertiary/aromatic N) is 2. The maximum atomic E-state index is 11.7. The molecule has 1 aliphatic rings. The molecule has 1 aromatic heterocycles. The Labute approximate surface area is 119 Å². The van der Waals surface area contributed by atoms with E-state index in [9.17, 15) is 14.4 Å². The molecular formula is C12H15N3O4S. The quantitative estimate of drug-likeness (QED) is 0.645. The molecule has 1 aliphatic heterocycles. The second-order valence-electron chi connectivity index (χ2n) is 4.34. The van der Waals surface area contributed by atoms with Crippen molar-refractivity contribution in [2.75, 3.05) is 18.1 Å². The van der Waals surface area contributed by atoms with Crippen LogP contribution in [0.1, 0.15) is 29.2 Å². The molecule has 0 aromatic carbocycles. The van der Waals surface area contributed by atoms with Gasteiger partial charge in [0.05, 0.1) is 6.61 Å². The molecule has 0 bridgehead atoms. The topological polar surface area (TPSA) is 88.6 Å². The molecule has 7 nitrogen and oxygen atoms in total. The van der Waals surface area contributed by atoms with E-state index in [1.54, 1.807) is 25.7 Å². The molecule has 1 unspecified atom stereocenters. The highest BCUT2D eigenvalue weighted by atomic mass is 32.1. The van der Waals surface area contributed by atoms with Gasteiger partial charge in [0, 0.05) is 4.88 Å². The third-order valence-electron chi connectivity index (χ3n) is 2.92. The van der Waals surface area contributed by atoms with Crippen molar-refractivity contribution in [2.45, 2.75) is 26.8 Å². The van der Waals surface area contributed by atoms with Crippen LogP contribution in [-0.4, -0.2) is 42.0 Å². The Balaban J connectivity index is 2.29. The van der Waals surface area contributed by atoms with Gasteiger partial charge in [0.1, 0.15) is 12.6 Å². The van der Waals surface area contributed by atoms with Crippen LogP contribution in [0.3, 0.4) is 0 Å². The SMILES string of the molecule is CCOC(=O)c1nc(N2CC(=O)NC(=O)C2C)sc1C. The van der Waals surface area contributed by atoms with Gasteiger partial charge in [-0.3, -0.25) is 14.9 Å². The standard InChI is InChI=1S/C12H15N3O4S/c1-4-19-11(18)9-7(3)20-12(14-9)15-5-8(16)13-10(17)6(15)2/h6H,4-5H2,1-3H3,(H,13,16,17). The summed E-state index contributed by atoms with van der Waals surface area (Å²) in [7, 11) is 0. The van der Waals surface area contributed by atoms with E-state index in [1.807, 2.05) is 0 Å². The van der Waals surface area contributed by atoms with E-state index in [4.69, 9.17) is 4.74 Å². The summed E-state index contributed by atoms with van der Waals surface area (Å²) in [5.74, 6) is -1.24. The normalized spacial score (nSPS) is 18.9. The summed E-state index contributed by atoms with van der Waals surface area (Å²) in [5.41, 5.74) is 0.234. The van der Waals surface area contributed by atoms with Gasteiger partial charge in [-0.15, -0.1) is 11.3 Å². The van der Waals surface area contributed by atoms with E-state index in [0.717, 1.165) is 0 Å². The van der Waals surface area contributed by atoms with Crippen LogP contribution in [0.15, 0.2) is 0 Å². The Morgan fingerprint density at radius 3 is 2.90 bits per heavy atom. The minimum Gasteiger partial charge on any atom is -0.461 e. The molecular weight excluding hydrogens is 282 g/mol. The van der Waals surface area contributed by atoms with Crippen LogP contribution in [0.4, 0.5) is 5.13 Å². The Hall–Kier alpha value is -1.96. The van der Waals surface area contributed by atoms with Crippen LogP contribution in [0.5, 0.6) is 0 Å². The molecule has 20 heavy (non-hydrogen) atoms. The fourth-order valence-electron chi connectivity index (χ4n) is 1.84. The second-order valence-corrected chi connectivity index (χ2v) is 5.52. The van der Waals surface area contributed by atoms with Gasteiger partial charge in [-0.25, -0.2) is 9.78 Å². The molecule has 1 N–H and O–H groups in total. The number of aromatic nitrogens is 1. The maximum absolute atomic E-state index is 11.7. The van der Waals surface area contributed by atoms with Gasteiger partial charge in [-0.05, 0) is 20.8 Å². The van der Waals surface area contributed by atoms with Crippen molar-refractivity contribution >= 4 is 34.3 Å². The number of anilines is 1. The predicted octanol–water partition coefficient (Wildman–Crippen LogP) is 0.480. The van der Waals surface area contributed by atoms with Crippen molar-refractivity contribution in [3.8, 4) is 0 Å². The van der Waals surface area contributed by atoms with Crippen LogP contribution in [0, 0.1) is 6.92 Å². The van der Waals surface area contributed by atoms with Crippen molar-refractivity contribution in [3.05, 3.63) is 10.6 Å². The molecule has 0 saturated carbocycles. The molecule has 1 saturated heterocycles. The van der Waals surface area contributed by atoms with Gasteiger partial charge in [0.2, 0.25) is 11.8 Å². The van der Waals surface area contributed by atoms with E-state index in [-0.39, 0.29) is 30.7 Å². The van der Waals surface area contributed by atoms with E-state index < -0.39 is 12.0 Å². The number of aryl methyl sites for hydroxylation is 1. The number of amides is 2. The fraction of sp³-hybridized carbons (Fsp3) is 0.500. The third kappa shape index (κ3) is 2.64. The summed E-state index contributed by atoms with van der Waals surface area (Å²) in [6, 6.07) is -0.506. The van der Waals surface area contributed by atoms with Crippen LogP contribution >= 0.6 is 11.3 Å². The van der Waals surface area contributed by atoms with E-state index >= 15 is 0 Å². The van der Waals surface area contributed by atoms with Gasteiger partial charge in [0.15, 0.2) is 10.8 Å². The molecule has 108 valence electrons. The number of rotatable bonds is 3. The Morgan fingerprint density at radius 2 is 2.25 bits per heavy atom. The zero-order chi connectivity index (χ0) is 14.9. The van der Waals surface area contributed by atoms with Crippen molar-refractivity contribution in [2.24, 2.45) is 0 Å². The van der Waals surface area contributed by atoms with Crippen LogP contribution in [0.25, 0.3) is 0 Å². The number of hydrogen-bond acceptors (Lipinski definition) is 7. The number of piperazine rings is 1. The first kappa shape index (κ1) is 14.4. The molecule has 8 heteroatoms. The van der Waals surface area contributed by atoms with Crippen molar-refractivity contribution in [3.63, 3.8) is 0 Å². The first-order chi connectivity index (χ1) is 9.43. The minimum absolute atomic E-state index is 0.0438. The van der Waals surface area contributed by atoms with Crippen molar-refractivity contribution in [1.29, 1.82) is 0 Å². The number of hydrogen-bond donors (Lipinski definition) is 1. The van der Waals surface area contributed by atoms with Gasteiger partial charge in [0.25, 0.3) is 0 Å². The Bertz CT molecular complexity index is 569. The molecule has 2 amide bonds. The number of carbonyl (C=O) groups excluding carboxylic acids is 3. The molecule has 0 radical (unpaired) electrons. The molecule has 2 rings (SSSR count). The van der Waals surface area contributed by atoms with Crippen LogP contribution < -0.4 is 10.2 Å². The summed E-state index contributed by atoms with van der Waals surface area (Å²) < 4.78 is 4.92. The van der Waals surface area contributed by atoms with E-state index in [2.05, 4.69) is 10.3 Å². The lowest BCUT2D eigenvalue weighted by molar-refractivity contribution is -0.132. The first-order valence-corrected chi connectivity index (χ1v) is 7.00. The number of thiazole rings is 1. The molecule has 0 aliphatic carbocycles. The lowest BCUT2D eigenvalue weighted by Gasteiger charge is -2.31. The Kier molecular flexibility index (Phi) is 4.03. The average molecular weight is 297 g/mol. The smallest absolute Gasteiger partial charge is 0.358 e. The highest BCUT2D eigenvalue weighted by molar-refractivity contribution is 7.15. The van der Waals surface area contributed by atoms with Gasteiger partial charge in [-0.2, -0.15) is 0 Å². The minimum atomic E-state index is -0.506. The summed E-state index contributed by atoms with van der Waals surface area (Å²) in [6.07, 6.45) is 0. The number of esters is 1. The van der Waals surface area contributed by atoms with Crippen molar-refractivity contribution < 1.29 is 19.1 Å². The molecule has 2 heterocycles. The van der Waals surface area contributed by atoms with Crippen LogP contribution in [-0.2, 0) is 14.3 Å². The largest absolute Gasteiger partial charge is 0.461 e. The highest BCUT2D eigenvalue weighted by Crippen LogP contribution is 2.28. The zero-order valence-electron chi connectivity index (χ0n) is 11.4. The predicted molar refractivity (Wildman–Crippen MR) is 72.8 cm³/mol. The van der Waals surface area contributed by atoms with E-state index in [0.29, 0.717) is 10.0 Å².